The lowest BCUT2D eigenvalue weighted by Gasteiger charge is -2.09. The maximum atomic E-state index is 12.6. The van der Waals surface area contributed by atoms with Gasteiger partial charge in [-0.1, -0.05) is 11.6 Å². The number of alkyl halides is 3. The Labute approximate surface area is 99.0 Å². The standard InChI is InChI=1S/C10H6ClF3N2O/c11-7-2-1-5(3-6(7)10(12,13)14)8-4-16-9(15)17-8/h1-4H,(H2,15,16). The maximum Gasteiger partial charge on any atom is 0.417 e. The normalized spacial score (nSPS) is 11.8. The highest BCUT2D eigenvalue weighted by molar-refractivity contribution is 6.31. The number of rotatable bonds is 1. The Morgan fingerprint density at radius 1 is 1.29 bits per heavy atom. The van der Waals surface area contributed by atoms with E-state index in [2.05, 4.69) is 4.98 Å². The molecule has 0 bridgehead atoms. The molecule has 0 saturated heterocycles. The van der Waals surface area contributed by atoms with Gasteiger partial charge in [-0.05, 0) is 18.2 Å². The molecule has 1 aromatic heterocycles. The summed E-state index contributed by atoms with van der Waals surface area (Å²) >= 11 is 5.48. The molecule has 0 atom stereocenters. The second-order valence-electron chi connectivity index (χ2n) is 3.26. The predicted molar refractivity (Wildman–Crippen MR) is 56.4 cm³/mol. The van der Waals surface area contributed by atoms with E-state index in [1.165, 1.54) is 12.3 Å². The van der Waals surface area contributed by atoms with E-state index in [0.29, 0.717) is 0 Å². The van der Waals surface area contributed by atoms with Gasteiger partial charge in [0, 0.05) is 5.56 Å². The summed E-state index contributed by atoms with van der Waals surface area (Å²) in [5, 5.41) is -0.367. The monoisotopic (exact) mass is 262 g/mol. The average Bonchev–Trinajstić information content (AvgIpc) is 2.64. The van der Waals surface area contributed by atoms with Gasteiger partial charge in [0.2, 0.25) is 0 Å². The Morgan fingerprint density at radius 3 is 2.53 bits per heavy atom. The summed E-state index contributed by atoms with van der Waals surface area (Å²) in [6.07, 6.45) is -3.27. The number of aromatic nitrogens is 1. The first-order chi connectivity index (χ1) is 7.88. The molecule has 0 aliphatic heterocycles. The summed E-state index contributed by atoms with van der Waals surface area (Å²) in [6.45, 7) is 0. The smallest absolute Gasteiger partial charge is 0.417 e. The number of hydrogen-bond donors (Lipinski definition) is 1. The minimum atomic E-state index is -4.52. The number of nitrogens with two attached hydrogens (primary N) is 1. The highest BCUT2D eigenvalue weighted by atomic mass is 35.5. The van der Waals surface area contributed by atoms with Crippen molar-refractivity contribution in [1.82, 2.24) is 4.98 Å². The zero-order valence-electron chi connectivity index (χ0n) is 8.25. The largest absolute Gasteiger partial charge is 0.424 e. The Balaban J connectivity index is 2.51. The third kappa shape index (κ3) is 2.36. The van der Waals surface area contributed by atoms with Crippen molar-refractivity contribution in [2.24, 2.45) is 0 Å². The summed E-state index contributed by atoms with van der Waals surface area (Å²) in [7, 11) is 0. The number of hydrogen-bond acceptors (Lipinski definition) is 3. The van der Waals surface area contributed by atoms with Crippen LogP contribution in [0.15, 0.2) is 28.8 Å². The van der Waals surface area contributed by atoms with Crippen LogP contribution in [0.4, 0.5) is 19.2 Å². The molecule has 1 heterocycles. The van der Waals surface area contributed by atoms with Crippen molar-refractivity contribution in [3.63, 3.8) is 0 Å². The summed E-state index contributed by atoms with van der Waals surface area (Å²) in [6, 6.07) is 3.33. The molecule has 0 amide bonds. The fraction of sp³-hybridized carbons (Fsp3) is 0.100. The van der Waals surface area contributed by atoms with E-state index in [9.17, 15) is 13.2 Å². The number of nitrogens with zero attached hydrogens (tertiary/aromatic N) is 1. The predicted octanol–water partition coefficient (Wildman–Crippen LogP) is 3.60. The van der Waals surface area contributed by atoms with Crippen LogP contribution in [0.1, 0.15) is 5.56 Å². The second kappa shape index (κ2) is 3.96. The topological polar surface area (TPSA) is 52.0 Å². The highest BCUT2D eigenvalue weighted by Crippen LogP contribution is 2.37. The number of anilines is 1. The van der Waals surface area contributed by atoms with Crippen molar-refractivity contribution >= 4 is 17.6 Å². The third-order valence-corrected chi connectivity index (χ3v) is 2.41. The Bertz CT molecular complexity index is 551. The van der Waals surface area contributed by atoms with Gasteiger partial charge in [0.15, 0.2) is 5.76 Å². The van der Waals surface area contributed by atoms with Crippen LogP contribution in [0.5, 0.6) is 0 Å². The summed E-state index contributed by atoms with van der Waals surface area (Å²) in [5.41, 5.74) is 4.53. The van der Waals surface area contributed by atoms with Gasteiger partial charge in [0.05, 0.1) is 16.8 Å². The zero-order chi connectivity index (χ0) is 12.6. The lowest BCUT2D eigenvalue weighted by Crippen LogP contribution is -2.05. The van der Waals surface area contributed by atoms with Crippen molar-refractivity contribution < 1.29 is 17.6 Å². The number of oxazole rings is 1. The molecule has 2 N–H and O–H groups in total. The molecule has 0 aliphatic carbocycles. The molecule has 0 fully saturated rings. The van der Waals surface area contributed by atoms with Crippen LogP contribution in [-0.4, -0.2) is 4.98 Å². The fourth-order valence-corrected chi connectivity index (χ4v) is 1.54. The van der Waals surface area contributed by atoms with Gasteiger partial charge >= 0.3 is 6.18 Å². The molecule has 0 aliphatic rings. The summed E-state index contributed by atoms with van der Waals surface area (Å²) < 4.78 is 42.7. The molecule has 90 valence electrons. The number of nitrogen functional groups attached to an aromatic ring is 1. The Hall–Kier alpha value is -1.69. The van der Waals surface area contributed by atoms with Crippen LogP contribution in [0.2, 0.25) is 5.02 Å². The molecule has 3 nitrogen and oxygen atoms in total. The lowest BCUT2D eigenvalue weighted by molar-refractivity contribution is -0.137. The van der Waals surface area contributed by atoms with E-state index in [1.807, 2.05) is 0 Å². The van der Waals surface area contributed by atoms with E-state index in [0.717, 1.165) is 12.1 Å². The van der Waals surface area contributed by atoms with E-state index in [4.69, 9.17) is 21.8 Å². The molecule has 0 spiro atoms. The third-order valence-electron chi connectivity index (χ3n) is 2.08. The van der Waals surface area contributed by atoms with Crippen LogP contribution in [0.25, 0.3) is 11.3 Å². The first-order valence-electron chi connectivity index (χ1n) is 4.46. The van der Waals surface area contributed by atoms with Crippen molar-refractivity contribution in [2.45, 2.75) is 6.18 Å². The highest BCUT2D eigenvalue weighted by Gasteiger charge is 2.33. The Morgan fingerprint density at radius 2 is 2.00 bits per heavy atom. The van der Waals surface area contributed by atoms with Crippen molar-refractivity contribution in [3.8, 4) is 11.3 Å². The lowest BCUT2D eigenvalue weighted by atomic mass is 10.1. The Kier molecular flexibility index (Phi) is 2.74. The molecule has 7 heteroatoms. The van der Waals surface area contributed by atoms with Gasteiger partial charge in [-0.3, -0.25) is 0 Å². The number of halogens is 4. The van der Waals surface area contributed by atoms with Gasteiger partial charge in [0.25, 0.3) is 6.01 Å². The van der Waals surface area contributed by atoms with Crippen LogP contribution in [-0.2, 0) is 6.18 Å². The SMILES string of the molecule is Nc1ncc(-c2ccc(Cl)c(C(F)(F)F)c2)o1. The van der Waals surface area contributed by atoms with Crippen molar-refractivity contribution in [3.05, 3.63) is 35.0 Å². The minimum Gasteiger partial charge on any atom is -0.424 e. The van der Waals surface area contributed by atoms with Gasteiger partial charge in [-0.25, -0.2) is 4.98 Å². The van der Waals surface area contributed by atoms with E-state index in [1.54, 1.807) is 0 Å². The minimum absolute atomic E-state index is 0.108. The maximum absolute atomic E-state index is 12.6. The van der Waals surface area contributed by atoms with E-state index in [-0.39, 0.29) is 22.4 Å². The van der Waals surface area contributed by atoms with Gasteiger partial charge in [0.1, 0.15) is 0 Å². The van der Waals surface area contributed by atoms with Crippen LogP contribution >= 0.6 is 11.6 Å². The molecular weight excluding hydrogens is 257 g/mol. The van der Waals surface area contributed by atoms with Crippen molar-refractivity contribution in [1.29, 1.82) is 0 Å². The summed E-state index contributed by atoms with van der Waals surface area (Å²) in [4.78, 5) is 3.60. The molecule has 0 saturated carbocycles. The second-order valence-corrected chi connectivity index (χ2v) is 3.66. The van der Waals surface area contributed by atoms with Crippen molar-refractivity contribution in [2.75, 3.05) is 5.73 Å². The molecule has 0 unspecified atom stereocenters. The van der Waals surface area contributed by atoms with E-state index >= 15 is 0 Å². The van der Waals surface area contributed by atoms with Gasteiger partial charge in [-0.15, -0.1) is 0 Å². The summed E-state index contributed by atoms with van der Waals surface area (Å²) in [5.74, 6) is 0.157. The zero-order valence-corrected chi connectivity index (χ0v) is 9.01. The molecule has 2 rings (SSSR count). The first-order valence-corrected chi connectivity index (χ1v) is 4.84. The van der Waals surface area contributed by atoms with Gasteiger partial charge < -0.3 is 10.2 Å². The molecule has 1 aromatic carbocycles. The quantitative estimate of drug-likeness (QED) is 0.854. The molecule has 0 radical (unpaired) electrons. The average molecular weight is 263 g/mol. The van der Waals surface area contributed by atoms with E-state index < -0.39 is 11.7 Å². The van der Waals surface area contributed by atoms with Crippen LogP contribution in [0, 0.1) is 0 Å². The number of benzene rings is 1. The van der Waals surface area contributed by atoms with Crippen LogP contribution in [0.3, 0.4) is 0 Å². The first kappa shape index (κ1) is 11.8. The van der Waals surface area contributed by atoms with Gasteiger partial charge in [-0.2, -0.15) is 13.2 Å². The fourth-order valence-electron chi connectivity index (χ4n) is 1.32. The molecule has 17 heavy (non-hydrogen) atoms. The molecular formula is C10H6ClF3N2O. The van der Waals surface area contributed by atoms with Crippen LogP contribution < -0.4 is 5.73 Å². The molecule has 2 aromatic rings.